The molecule has 7 nitrogen and oxygen atoms in total. The first-order valence-electron chi connectivity index (χ1n) is 6.89. The third-order valence-electron chi connectivity index (χ3n) is 2.77. The highest BCUT2D eigenvalue weighted by atomic mass is 16.5. The first-order chi connectivity index (χ1) is 10.2. The molecule has 0 aliphatic heterocycles. The molecular weight excluding hydrogens is 272 g/mol. The zero-order valence-electron chi connectivity index (χ0n) is 12.2. The molecule has 0 aliphatic rings. The summed E-state index contributed by atoms with van der Waals surface area (Å²) in [6, 6.07) is 6.81. The van der Waals surface area contributed by atoms with Crippen LogP contribution in [0.4, 0.5) is 0 Å². The van der Waals surface area contributed by atoms with Crippen molar-refractivity contribution in [2.24, 2.45) is 0 Å². The summed E-state index contributed by atoms with van der Waals surface area (Å²) in [6.07, 6.45) is 0.908. The number of aryl methyl sites for hydroxylation is 1. The lowest BCUT2D eigenvalue weighted by atomic mass is 10.2. The van der Waals surface area contributed by atoms with Gasteiger partial charge in [-0.25, -0.2) is 9.48 Å². The van der Waals surface area contributed by atoms with Gasteiger partial charge in [-0.05, 0) is 48.0 Å². The second kappa shape index (κ2) is 7.37. The van der Waals surface area contributed by atoms with Gasteiger partial charge in [-0.2, -0.15) is 0 Å². The minimum Gasteiger partial charge on any atom is -0.494 e. The van der Waals surface area contributed by atoms with Crippen molar-refractivity contribution in [3.05, 3.63) is 35.7 Å². The van der Waals surface area contributed by atoms with E-state index in [-0.39, 0.29) is 6.61 Å². The highest BCUT2D eigenvalue weighted by Crippen LogP contribution is 2.13. The van der Waals surface area contributed by atoms with Crippen LogP contribution in [0.15, 0.2) is 24.3 Å². The predicted octanol–water partition coefficient (Wildman–Crippen LogP) is 1.84. The van der Waals surface area contributed by atoms with Crippen molar-refractivity contribution >= 4 is 5.97 Å². The van der Waals surface area contributed by atoms with Crippen molar-refractivity contribution < 1.29 is 14.3 Å². The minimum absolute atomic E-state index is 0.0546. The molecule has 0 bridgehead atoms. The summed E-state index contributed by atoms with van der Waals surface area (Å²) < 4.78 is 12.2. The maximum atomic E-state index is 11.9. The van der Waals surface area contributed by atoms with Gasteiger partial charge in [0.05, 0.1) is 12.2 Å². The fourth-order valence-electron chi connectivity index (χ4n) is 1.78. The molecule has 2 aromatic rings. The third kappa shape index (κ3) is 4.01. The van der Waals surface area contributed by atoms with Crippen LogP contribution in [-0.4, -0.2) is 32.8 Å². The molecule has 0 fully saturated rings. The molecule has 0 radical (unpaired) electrons. The van der Waals surface area contributed by atoms with Gasteiger partial charge in [0.15, 0.2) is 12.4 Å². The number of ether oxygens (including phenoxy) is 2. The average Bonchev–Trinajstić information content (AvgIpc) is 2.94. The number of esters is 1. The zero-order valence-corrected chi connectivity index (χ0v) is 12.2. The fourth-order valence-corrected chi connectivity index (χ4v) is 1.78. The Morgan fingerprint density at radius 2 is 2.00 bits per heavy atom. The molecule has 0 saturated heterocycles. The lowest BCUT2D eigenvalue weighted by Gasteiger charge is -2.06. The number of aromatic nitrogens is 4. The van der Waals surface area contributed by atoms with Crippen molar-refractivity contribution in [3.63, 3.8) is 0 Å². The fraction of sp³-hybridized carbons (Fsp3) is 0.429. The van der Waals surface area contributed by atoms with Crippen LogP contribution in [0.1, 0.15) is 36.5 Å². The number of benzene rings is 1. The second-order valence-electron chi connectivity index (χ2n) is 4.35. The number of carbonyl (C=O) groups excluding carboxylic acids is 1. The first-order valence-corrected chi connectivity index (χ1v) is 6.89. The average molecular weight is 290 g/mol. The normalized spacial score (nSPS) is 10.4. The molecule has 0 unspecified atom stereocenters. The molecule has 0 spiro atoms. The maximum Gasteiger partial charge on any atom is 0.338 e. The highest BCUT2D eigenvalue weighted by Gasteiger charge is 2.11. The van der Waals surface area contributed by atoms with Crippen molar-refractivity contribution in [1.29, 1.82) is 0 Å². The number of tetrazole rings is 1. The van der Waals surface area contributed by atoms with Crippen LogP contribution in [0.5, 0.6) is 5.75 Å². The number of hydrogen-bond donors (Lipinski definition) is 0. The zero-order chi connectivity index (χ0) is 15.1. The molecule has 1 aromatic carbocycles. The lowest BCUT2D eigenvalue weighted by molar-refractivity contribution is 0.0456. The summed E-state index contributed by atoms with van der Waals surface area (Å²) in [5.74, 6) is 0.848. The molecule has 21 heavy (non-hydrogen) atoms. The van der Waals surface area contributed by atoms with E-state index >= 15 is 0 Å². The Morgan fingerprint density at radius 3 is 2.67 bits per heavy atom. The second-order valence-corrected chi connectivity index (χ2v) is 4.35. The van der Waals surface area contributed by atoms with Crippen LogP contribution in [0.2, 0.25) is 0 Å². The van der Waals surface area contributed by atoms with Gasteiger partial charge in [0.2, 0.25) is 0 Å². The van der Waals surface area contributed by atoms with E-state index in [1.54, 1.807) is 28.9 Å². The first kappa shape index (κ1) is 15.0. The molecule has 112 valence electrons. The highest BCUT2D eigenvalue weighted by molar-refractivity contribution is 5.89. The Balaban J connectivity index is 1.93. The van der Waals surface area contributed by atoms with E-state index in [0.717, 1.165) is 12.2 Å². The van der Waals surface area contributed by atoms with Gasteiger partial charge >= 0.3 is 5.97 Å². The smallest absolute Gasteiger partial charge is 0.338 e. The Labute approximate surface area is 122 Å². The Morgan fingerprint density at radius 1 is 1.24 bits per heavy atom. The standard InChI is InChI=1S/C14H18N4O3/c1-3-9-18-13(15-16-17-18)10-21-14(19)11-5-7-12(8-6-11)20-4-2/h5-8H,3-4,9-10H2,1-2H3. The van der Waals surface area contributed by atoms with Crippen LogP contribution in [0.3, 0.4) is 0 Å². The summed E-state index contributed by atoms with van der Waals surface area (Å²) in [5.41, 5.74) is 0.466. The van der Waals surface area contributed by atoms with E-state index in [9.17, 15) is 4.79 Å². The van der Waals surface area contributed by atoms with E-state index in [1.165, 1.54) is 0 Å². The Hall–Kier alpha value is -2.44. The van der Waals surface area contributed by atoms with Crippen molar-refractivity contribution in [2.45, 2.75) is 33.4 Å². The lowest BCUT2D eigenvalue weighted by Crippen LogP contribution is -2.11. The van der Waals surface area contributed by atoms with Crippen molar-refractivity contribution in [1.82, 2.24) is 20.2 Å². The van der Waals surface area contributed by atoms with E-state index in [1.807, 2.05) is 13.8 Å². The Bertz CT molecular complexity index is 580. The number of rotatable bonds is 7. The monoisotopic (exact) mass is 290 g/mol. The quantitative estimate of drug-likeness (QED) is 0.724. The minimum atomic E-state index is -0.413. The molecule has 0 atom stereocenters. The van der Waals surface area contributed by atoms with E-state index < -0.39 is 5.97 Å². The molecule has 0 saturated carbocycles. The summed E-state index contributed by atoms with van der Waals surface area (Å²) in [5, 5.41) is 11.3. The largest absolute Gasteiger partial charge is 0.494 e. The maximum absolute atomic E-state index is 11.9. The van der Waals surface area contributed by atoms with Gasteiger partial charge in [-0.3, -0.25) is 0 Å². The van der Waals surface area contributed by atoms with Crippen LogP contribution < -0.4 is 4.74 Å². The molecule has 1 aromatic heterocycles. The van der Waals surface area contributed by atoms with Crippen LogP contribution in [0, 0.1) is 0 Å². The predicted molar refractivity (Wildman–Crippen MR) is 74.8 cm³/mol. The number of hydrogen-bond acceptors (Lipinski definition) is 6. The number of carbonyl (C=O) groups is 1. The van der Waals surface area contributed by atoms with Gasteiger partial charge in [-0.1, -0.05) is 6.92 Å². The molecule has 7 heteroatoms. The van der Waals surface area contributed by atoms with Crippen molar-refractivity contribution in [2.75, 3.05) is 6.61 Å². The van der Waals surface area contributed by atoms with E-state index in [0.29, 0.717) is 24.5 Å². The molecule has 0 N–H and O–H groups in total. The molecule has 1 heterocycles. The summed E-state index contributed by atoms with van der Waals surface area (Å²) in [4.78, 5) is 11.9. The van der Waals surface area contributed by atoms with E-state index in [4.69, 9.17) is 9.47 Å². The van der Waals surface area contributed by atoms with Gasteiger partial charge in [0, 0.05) is 6.54 Å². The summed E-state index contributed by atoms with van der Waals surface area (Å²) in [7, 11) is 0. The van der Waals surface area contributed by atoms with E-state index in [2.05, 4.69) is 15.5 Å². The molecule has 0 aliphatic carbocycles. The summed E-state index contributed by atoms with van der Waals surface area (Å²) in [6.45, 7) is 5.27. The van der Waals surface area contributed by atoms with Crippen molar-refractivity contribution in [3.8, 4) is 5.75 Å². The topological polar surface area (TPSA) is 79.1 Å². The van der Waals surface area contributed by atoms with Gasteiger partial charge in [-0.15, -0.1) is 5.10 Å². The summed E-state index contributed by atoms with van der Waals surface area (Å²) >= 11 is 0. The van der Waals surface area contributed by atoms with Crippen LogP contribution in [0.25, 0.3) is 0 Å². The molecular formula is C14H18N4O3. The van der Waals surface area contributed by atoms with Gasteiger partial charge in [0.1, 0.15) is 5.75 Å². The van der Waals surface area contributed by atoms with Gasteiger partial charge in [0.25, 0.3) is 0 Å². The van der Waals surface area contributed by atoms with Crippen LogP contribution in [-0.2, 0) is 17.9 Å². The third-order valence-corrected chi connectivity index (χ3v) is 2.77. The SMILES string of the molecule is CCCn1nnnc1COC(=O)c1ccc(OCC)cc1. The van der Waals surface area contributed by atoms with Crippen LogP contribution >= 0.6 is 0 Å². The molecule has 2 rings (SSSR count). The number of nitrogens with zero attached hydrogens (tertiary/aromatic N) is 4. The molecule has 0 amide bonds. The van der Waals surface area contributed by atoms with Gasteiger partial charge < -0.3 is 9.47 Å². The Kier molecular flexibility index (Phi) is 5.25.